The smallest absolute Gasteiger partial charge is 0.333 e. The molecule has 0 fully saturated rings. The number of aliphatic imine (C=N–C) groups is 1. The fourth-order valence-electron chi connectivity index (χ4n) is 3.88. The Kier molecular flexibility index (Phi) is 6.27. The summed E-state index contributed by atoms with van der Waals surface area (Å²) in [5.41, 5.74) is 1.68. The molecule has 0 spiro atoms. The largest absolute Gasteiger partial charge is 0.497 e. The number of methoxy groups -OCH3 is 2. The van der Waals surface area contributed by atoms with Crippen molar-refractivity contribution < 1.29 is 14.6 Å². The molecule has 0 atom stereocenters. The van der Waals surface area contributed by atoms with Crippen LogP contribution < -0.4 is 20.7 Å². The lowest BCUT2D eigenvalue weighted by Crippen LogP contribution is -2.40. The molecule has 0 bridgehead atoms. The maximum absolute atomic E-state index is 13.0. The number of aromatic amines is 1. The van der Waals surface area contributed by atoms with Gasteiger partial charge in [0, 0.05) is 43.3 Å². The topological polar surface area (TPSA) is 111 Å². The first kappa shape index (κ1) is 22.9. The van der Waals surface area contributed by atoms with Gasteiger partial charge in [-0.05, 0) is 54.4 Å². The number of aromatic hydroxyl groups is 1. The van der Waals surface area contributed by atoms with Gasteiger partial charge >= 0.3 is 5.69 Å². The highest BCUT2D eigenvalue weighted by atomic mass is 16.5. The van der Waals surface area contributed by atoms with E-state index in [1.165, 1.54) is 14.1 Å². The summed E-state index contributed by atoms with van der Waals surface area (Å²) in [6.45, 7) is 0.344. The molecule has 9 nitrogen and oxygen atoms in total. The Bertz CT molecular complexity index is 1490. The molecule has 0 amide bonds. The minimum Gasteiger partial charge on any atom is -0.497 e. The fourth-order valence-corrected chi connectivity index (χ4v) is 3.88. The van der Waals surface area contributed by atoms with Gasteiger partial charge in [-0.25, -0.2) is 4.79 Å². The molecule has 176 valence electrons. The highest BCUT2D eigenvalue weighted by molar-refractivity contribution is 6.14. The first-order valence-corrected chi connectivity index (χ1v) is 10.7. The third-order valence-electron chi connectivity index (χ3n) is 5.86. The van der Waals surface area contributed by atoms with Gasteiger partial charge in [-0.3, -0.25) is 18.9 Å². The minimum absolute atomic E-state index is 0.0321. The van der Waals surface area contributed by atoms with Crippen molar-refractivity contribution in [2.45, 2.75) is 6.42 Å². The monoisotopic (exact) mass is 462 g/mol. The summed E-state index contributed by atoms with van der Waals surface area (Å²) in [6, 6.07) is 12.8. The van der Waals surface area contributed by atoms with Crippen LogP contribution in [0.25, 0.3) is 10.9 Å². The Labute approximate surface area is 195 Å². The van der Waals surface area contributed by atoms with Crippen LogP contribution in [0.3, 0.4) is 0 Å². The Morgan fingerprint density at radius 3 is 2.35 bits per heavy atom. The molecular weight excluding hydrogens is 436 g/mol. The van der Waals surface area contributed by atoms with Crippen LogP contribution >= 0.6 is 0 Å². The van der Waals surface area contributed by atoms with Gasteiger partial charge in [0.25, 0.3) is 5.56 Å². The molecular formula is C25H26N4O5. The van der Waals surface area contributed by atoms with Gasteiger partial charge in [-0.1, -0.05) is 0 Å². The van der Waals surface area contributed by atoms with Crippen molar-refractivity contribution in [1.29, 1.82) is 0 Å². The summed E-state index contributed by atoms with van der Waals surface area (Å²) in [7, 11) is 5.97. The minimum atomic E-state index is -0.619. The van der Waals surface area contributed by atoms with E-state index >= 15 is 0 Å². The van der Waals surface area contributed by atoms with E-state index < -0.39 is 17.1 Å². The van der Waals surface area contributed by atoms with Gasteiger partial charge in [-0.2, -0.15) is 0 Å². The van der Waals surface area contributed by atoms with Crippen molar-refractivity contribution in [2.24, 2.45) is 19.1 Å². The summed E-state index contributed by atoms with van der Waals surface area (Å²) in [4.78, 5) is 33.2. The van der Waals surface area contributed by atoms with E-state index in [1.54, 1.807) is 38.5 Å². The number of nitrogens with one attached hydrogen (secondary N) is 1. The molecule has 2 N–H and O–H groups in total. The lowest BCUT2D eigenvalue weighted by Gasteiger charge is -2.13. The molecule has 4 rings (SSSR count). The quantitative estimate of drug-likeness (QED) is 0.410. The van der Waals surface area contributed by atoms with Crippen molar-refractivity contribution in [3.8, 4) is 17.4 Å². The Morgan fingerprint density at radius 2 is 1.68 bits per heavy atom. The fraction of sp³-hybridized carbons (Fsp3) is 0.240. The summed E-state index contributed by atoms with van der Waals surface area (Å²) >= 11 is 0. The van der Waals surface area contributed by atoms with Gasteiger partial charge in [0.2, 0.25) is 5.88 Å². The van der Waals surface area contributed by atoms with E-state index in [9.17, 15) is 14.7 Å². The van der Waals surface area contributed by atoms with E-state index in [0.29, 0.717) is 30.0 Å². The molecule has 0 saturated heterocycles. The molecule has 2 aromatic heterocycles. The number of nitrogens with zero attached hydrogens (tertiary/aromatic N) is 3. The first-order chi connectivity index (χ1) is 16.3. The highest BCUT2D eigenvalue weighted by Gasteiger charge is 2.21. The molecule has 4 aromatic rings. The zero-order valence-electron chi connectivity index (χ0n) is 19.5. The number of benzene rings is 2. The number of fused-ring (bicyclic) bond motifs is 1. The SMILES string of the molecule is COc1ccc(C(=NCCc2c[nH]c3ccc(OC)cc23)c2c(O)n(C)c(=O)n(C)c2=O)cc1. The second-order valence-corrected chi connectivity index (χ2v) is 7.84. The summed E-state index contributed by atoms with van der Waals surface area (Å²) < 4.78 is 12.6. The average Bonchev–Trinajstić information content (AvgIpc) is 3.27. The second-order valence-electron chi connectivity index (χ2n) is 7.84. The maximum Gasteiger partial charge on any atom is 0.333 e. The highest BCUT2D eigenvalue weighted by Crippen LogP contribution is 2.24. The van der Waals surface area contributed by atoms with Crippen LogP contribution in [-0.2, 0) is 20.5 Å². The molecule has 0 aliphatic carbocycles. The summed E-state index contributed by atoms with van der Waals surface area (Å²) in [5.74, 6) is 0.974. The molecule has 0 aliphatic rings. The van der Waals surface area contributed by atoms with Gasteiger partial charge in [0.1, 0.15) is 17.1 Å². The van der Waals surface area contributed by atoms with Crippen molar-refractivity contribution in [2.75, 3.05) is 20.8 Å². The average molecular weight is 463 g/mol. The molecule has 9 heteroatoms. The summed E-state index contributed by atoms with van der Waals surface area (Å²) in [6.07, 6.45) is 2.51. The second kappa shape index (κ2) is 9.30. The number of aromatic nitrogens is 3. The lowest BCUT2D eigenvalue weighted by atomic mass is 10.0. The lowest BCUT2D eigenvalue weighted by molar-refractivity contribution is 0.410. The number of hydrogen-bond donors (Lipinski definition) is 2. The Balaban J connectivity index is 1.78. The van der Waals surface area contributed by atoms with Gasteiger partial charge in [0.15, 0.2) is 0 Å². The van der Waals surface area contributed by atoms with Crippen LogP contribution in [0.5, 0.6) is 17.4 Å². The molecule has 0 saturated carbocycles. The number of ether oxygens (including phenoxy) is 2. The van der Waals surface area contributed by atoms with Gasteiger partial charge in [-0.15, -0.1) is 0 Å². The van der Waals surface area contributed by atoms with E-state index in [4.69, 9.17) is 14.5 Å². The van der Waals surface area contributed by atoms with Crippen molar-refractivity contribution >= 4 is 16.6 Å². The van der Waals surface area contributed by atoms with Gasteiger partial charge < -0.3 is 19.6 Å². The Hall–Kier alpha value is -4.27. The third-order valence-corrected chi connectivity index (χ3v) is 5.86. The molecule has 0 radical (unpaired) electrons. The first-order valence-electron chi connectivity index (χ1n) is 10.7. The normalized spacial score (nSPS) is 11.7. The van der Waals surface area contributed by atoms with Crippen molar-refractivity contribution in [3.63, 3.8) is 0 Å². The summed E-state index contributed by atoms with van der Waals surface area (Å²) in [5, 5.41) is 11.8. The van der Waals surface area contributed by atoms with Crippen molar-refractivity contribution in [1.82, 2.24) is 14.1 Å². The Morgan fingerprint density at radius 1 is 1.00 bits per heavy atom. The molecule has 0 unspecified atom stereocenters. The van der Waals surface area contributed by atoms with E-state index in [0.717, 1.165) is 31.4 Å². The molecule has 0 aliphatic heterocycles. The number of rotatable bonds is 7. The zero-order valence-corrected chi connectivity index (χ0v) is 19.5. The maximum atomic E-state index is 13.0. The van der Waals surface area contributed by atoms with E-state index in [-0.39, 0.29) is 5.56 Å². The zero-order chi connectivity index (χ0) is 24.4. The van der Waals surface area contributed by atoms with E-state index in [2.05, 4.69) is 4.98 Å². The van der Waals surface area contributed by atoms with Crippen LogP contribution in [0.4, 0.5) is 0 Å². The molecule has 2 aromatic carbocycles. The third kappa shape index (κ3) is 4.07. The molecule has 2 heterocycles. The van der Waals surface area contributed by atoms with Gasteiger partial charge in [0.05, 0.1) is 19.9 Å². The standard InChI is InChI=1S/C25H26N4O5/c1-28-23(30)21(24(31)29(2)25(28)32)22(15-5-7-17(33-3)8-6-15)26-12-11-16-14-27-20-10-9-18(34-4)13-19(16)20/h5-10,13-14,27,30H,11-12H2,1-4H3. The molecule has 34 heavy (non-hydrogen) atoms. The van der Waals surface area contributed by atoms with Crippen LogP contribution in [0.1, 0.15) is 16.7 Å². The van der Waals surface area contributed by atoms with Crippen LogP contribution in [0.2, 0.25) is 0 Å². The van der Waals surface area contributed by atoms with Crippen LogP contribution in [0.15, 0.2) is 63.2 Å². The number of hydrogen-bond acceptors (Lipinski definition) is 6. The predicted molar refractivity (Wildman–Crippen MR) is 131 cm³/mol. The predicted octanol–water partition coefficient (Wildman–Crippen LogP) is 2.37. The van der Waals surface area contributed by atoms with Crippen molar-refractivity contribution in [3.05, 3.63) is 86.2 Å². The number of H-pyrrole nitrogens is 1. The van der Waals surface area contributed by atoms with Crippen LogP contribution in [-0.4, -0.2) is 45.7 Å². The van der Waals surface area contributed by atoms with E-state index in [1.807, 2.05) is 24.4 Å². The van der Waals surface area contributed by atoms with Crippen LogP contribution in [0, 0.1) is 0 Å².